The Bertz CT molecular complexity index is 1650. The van der Waals surface area contributed by atoms with Crippen LogP contribution in [0.4, 0.5) is 5.69 Å². The number of amides is 2. The van der Waals surface area contributed by atoms with Crippen molar-refractivity contribution >= 4 is 50.5 Å². The van der Waals surface area contributed by atoms with Gasteiger partial charge in [-0.25, -0.2) is 8.42 Å². The fourth-order valence-corrected chi connectivity index (χ4v) is 7.13. The highest BCUT2D eigenvalue weighted by Gasteiger charge is 2.32. The molecule has 2 amide bonds. The summed E-state index contributed by atoms with van der Waals surface area (Å²) >= 11 is 6.99. The number of nitrogens with zero attached hydrogens (tertiary/aromatic N) is 2. The number of thiophene rings is 1. The first-order chi connectivity index (χ1) is 18.7. The number of sulfonamides is 1. The van der Waals surface area contributed by atoms with E-state index in [1.807, 2.05) is 0 Å². The third-order valence-electron chi connectivity index (χ3n) is 6.04. The Kier molecular flexibility index (Phi) is 7.56. The van der Waals surface area contributed by atoms with Crippen molar-refractivity contribution in [3.63, 3.8) is 0 Å². The molecule has 2 aromatic carbocycles. The van der Waals surface area contributed by atoms with Gasteiger partial charge in [-0.05, 0) is 72.6 Å². The van der Waals surface area contributed by atoms with Gasteiger partial charge < -0.3 is 15.4 Å². The van der Waals surface area contributed by atoms with E-state index >= 15 is 0 Å². The molecule has 0 radical (unpaired) electrons. The molecular formula is C27H23ClN4O5S2. The number of nitrogens with one attached hydrogen (secondary N) is 2. The highest BCUT2D eigenvalue weighted by Crippen LogP contribution is 2.37. The SMILES string of the molecule is CNC(=O)c1cc(Oc2ccc3c(c2)CCN3S(=O)(=O)c2ccc(CNC(=O)c3ccc(Cl)cc3)s2)ccn1. The topological polar surface area (TPSA) is 118 Å². The third kappa shape index (κ3) is 5.75. The zero-order chi connectivity index (χ0) is 27.6. The number of anilines is 1. The van der Waals surface area contributed by atoms with E-state index < -0.39 is 10.0 Å². The minimum atomic E-state index is -3.79. The van der Waals surface area contributed by atoms with Gasteiger partial charge in [0.25, 0.3) is 21.8 Å². The number of hydrogen-bond donors (Lipinski definition) is 2. The van der Waals surface area contributed by atoms with Crippen LogP contribution in [0.25, 0.3) is 0 Å². The Morgan fingerprint density at radius 2 is 1.79 bits per heavy atom. The van der Waals surface area contributed by atoms with E-state index in [0.29, 0.717) is 45.6 Å². The van der Waals surface area contributed by atoms with Gasteiger partial charge in [0.1, 0.15) is 21.4 Å². The fourth-order valence-electron chi connectivity index (χ4n) is 4.10. The molecule has 2 N–H and O–H groups in total. The van der Waals surface area contributed by atoms with E-state index in [2.05, 4.69) is 15.6 Å². The van der Waals surface area contributed by atoms with Crippen molar-refractivity contribution in [1.29, 1.82) is 0 Å². The molecule has 0 fully saturated rings. The van der Waals surface area contributed by atoms with Gasteiger partial charge in [0.05, 0.1) is 12.2 Å². The third-order valence-corrected chi connectivity index (χ3v) is 9.66. The summed E-state index contributed by atoms with van der Waals surface area (Å²) in [6, 6.07) is 18.2. The van der Waals surface area contributed by atoms with Crippen molar-refractivity contribution in [1.82, 2.24) is 15.6 Å². The lowest BCUT2D eigenvalue weighted by molar-refractivity contribution is 0.0946. The van der Waals surface area contributed by atoms with E-state index in [1.165, 1.54) is 23.6 Å². The Morgan fingerprint density at radius 1 is 1.03 bits per heavy atom. The second-order valence-electron chi connectivity index (χ2n) is 8.59. The minimum absolute atomic E-state index is 0.199. The molecule has 5 rings (SSSR count). The van der Waals surface area contributed by atoms with E-state index in [4.69, 9.17) is 16.3 Å². The number of rotatable bonds is 8. The standard InChI is InChI=1S/C27H23ClN4O5S2/c1-29-27(34)23-15-21(10-12-30-23)37-20-6-8-24-18(14-20)11-13-32(24)39(35,36)25-9-7-22(38-25)16-31-26(33)17-2-4-19(28)5-3-17/h2-10,12,14-15H,11,13,16H2,1H3,(H,29,34)(H,31,33). The van der Waals surface area contributed by atoms with Gasteiger partial charge in [0, 0.05) is 41.3 Å². The molecule has 0 atom stereocenters. The molecule has 0 spiro atoms. The average Bonchev–Trinajstić information content (AvgIpc) is 3.60. The average molecular weight is 583 g/mol. The van der Waals surface area contributed by atoms with Crippen molar-refractivity contribution in [2.45, 2.75) is 17.2 Å². The Balaban J connectivity index is 1.27. The second kappa shape index (κ2) is 11.0. The van der Waals surface area contributed by atoms with Crippen LogP contribution in [0.3, 0.4) is 0 Å². The van der Waals surface area contributed by atoms with Crippen LogP contribution in [0.15, 0.2) is 77.1 Å². The molecule has 4 aromatic rings. The maximum atomic E-state index is 13.5. The highest BCUT2D eigenvalue weighted by atomic mass is 35.5. The van der Waals surface area contributed by atoms with E-state index in [1.54, 1.807) is 60.7 Å². The number of pyridine rings is 1. The summed E-state index contributed by atoms with van der Waals surface area (Å²) in [4.78, 5) is 29.0. The zero-order valence-corrected chi connectivity index (χ0v) is 23.1. The van der Waals surface area contributed by atoms with E-state index in [-0.39, 0.29) is 28.3 Å². The summed E-state index contributed by atoms with van der Waals surface area (Å²) in [5, 5.41) is 5.86. The van der Waals surface area contributed by atoms with Gasteiger partial charge >= 0.3 is 0 Å². The van der Waals surface area contributed by atoms with Crippen LogP contribution >= 0.6 is 22.9 Å². The van der Waals surface area contributed by atoms with Crippen molar-refractivity contribution in [2.24, 2.45) is 0 Å². The number of hydrogen-bond acceptors (Lipinski definition) is 7. The molecule has 0 aliphatic carbocycles. The molecule has 3 heterocycles. The molecule has 0 saturated carbocycles. The number of aromatic nitrogens is 1. The predicted octanol–water partition coefficient (Wildman–Crippen LogP) is 4.63. The highest BCUT2D eigenvalue weighted by molar-refractivity contribution is 7.94. The maximum Gasteiger partial charge on any atom is 0.273 e. The van der Waals surface area contributed by atoms with Gasteiger partial charge in [-0.15, -0.1) is 11.3 Å². The zero-order valence-electron chi connectivity index (χ0n) is 20.7. The van der Waals surface area contributed by atoms with Crippen LogP contribution in [0.2, 0.25) is 5.02 Å². The summed E-state index contributed by atoms with van der Waals surface area (Å²) in [7, 11) is -2.26. The Labute approximate surface area is 234 Å². The van der Waals surface area contributed by atoms with Crippen molar-refractivity contribution in [3.05, 3.63) is 99.6 Å². The molecule has 0 bridgehead atoms. The quantitative estimate of drug-likeness (QED) is 0.313. The summed E-state index contributed by atoms with van der Waals surface area (Å²) < 4.78 is 34.4. The number of halogens is 1. The summed E-state index contributed by atoms with van der Waals surface area (Å²) in [6.45, 7) is 0.507. The lowest BCUT2D eigenvalue weighted by atomic mass is 10.1. The number of fused-ring (bicyclic) bond motifs is 1. The van der Waals surface area contributed by atoms with E-state index in [0.717, 1.165) is 16.9 Å². The first kappa shape index (κ1) is 26.7. The summed E-state index contributed by atoms with van der Waals surface area (Å²) in [5.74, 6) is 0.376. The molecule has 0 unspecified atom stereocenters. The molecule has 200 valence electrons. The molecule has 2 aromatic heterocycles. The Hall–Kier alpha value is -3.93. The number of ether oxygens (including phenoxy) is 1. The van der Waals surface area contributed by atoms with Gasteiger partial charge in [-0.2, -0.15) is 0 Å². The molecule has 12 heteroatoms. The minimum Gasteiger partial charge on any atom is -0.457 e. The van der Waals surface area contributed by atoms with Crippen molar-refractivity contribution in [2.75, 3.05) is 17.9 Å². The van der Waals surface area contributed by atoms with Gasteiger partial charge in [0.2, 0.25) is 0 Å². The molecule has 1 aliphatic heterocycles. The lowest BCUT2D eigenvalue weighted by Crippen LogP contribution is -2.28. The first-order valence-electron chi connectivity index (χ1n) is 11.9. The van der Waals surface area contributed by atoms with Gasteiger partial charge in [-0.1, -0.05) is 11.6 Å². The molecule has 39 heavy (non-hydrogen) atoms. The Morgan fingerprint density at radius 3 is 2.56 bits per heavy atom. The van der Waals surface area contributed by atoms with Gasteiger partial charge in [0.15, 0.2) is 0 Å². The molecular weight excluding hydrogens is 560 g/mol. The summed E-state index contributed by atoms with van der Waals surface area (Å²) in [6.07, 6.45) is 2.01. The van der Waals surface area contributed by atoms with Crippen LogP contribution in [-0.4, -0.2) is 38.8 Å². The lowest BCUT2D eigenvalue weighted by Gasteiger charge is -2.18. The molecule has 1 aliphatic rings. The fraction of sp³-hybridized carbons (Fsp3) is 0.148. The van der Waals surface area contributed by atoms with Crippen LogP contribution in [-0.2, 0) is 23.0 Å². The summed E-state index contributed by atoms with van der Waals surface area (Å²) in [5.41, 5.74) is 2.13. The second-order valence-corrected chi connectivity index (χ2v) is 12.3. The van der Waals surface area contributed by atoms with Crippen LogP contribution < -0.4 is 19.7 Å². The monoisotopic (exact) mass is 582 g/mol. The molecule has 9 nitrogen and oxygen atoms in total. The van der Waals surface area contributed by atoms with Crippen LogP contribution in [0, 0.1) is 0 Å². The predicted molar refractivity (Wildman–Crippen MR) is 149 cm³/mol. The van der Waals surface area contributed by atoms with Crippen molar-refractivity contribution in [3.8, 4) is 11.5 Å². The number of carbonyl (C=O) groups is 2. The smallest absolute Gasteiger partial charge is 0.273 e. The first-order valence-corrected chi connectivity index (χ1v) is 14.5. The van der Waals surface area contributed by atoms with Crippen molar-refractivity contribution < 1.29 is 22.7 Å². The van der Waals surface area contributed by atoms with Crippen LogP contribution in [0.5, 0.6) is 11.5 Å². The molecule has 0 saturated heterocycles. The van der Waals surface area contributed by atoms with E-state index in [9.17, 15) is 18.0 Å². The van der Waals surface area contributed by atoms with Gasteiger partial charge in [-0.3, -0.25) is 18.9 Å². The largest absolute Gasteiger partial charge is 0.457 e. The maximum absolute atomic E-state index is 13.5. The van der Waals surface area contributed by atoms with Crippen LogP contribution in [0.1, 0.15) is 31.3 Å². The number of benzene rings is 2. The normalized spacial score (nSPS) is 12.6. The number of carbonyl (C=O) groups excluding carboxylic acids is 2.